The number of nitrogens with one attached hydrogen (secondary N) is 1. The van der Waals surface area contributed by atoms with Gasteiger partial charge in [-0.15, -0.1) is 0 Å². The zero-order chi connectivity index (χ0) is 17.5. The van der Waals surface area contributed by atoms with E-state index in [0.29, 0.717) is 0 Å². The number of nitrogens with zero attached hydrogens (tertiary/aromatic N) is 1. The largest absolute Gasteiger partial charge is 0.472 e. The predicted molar refractivity (Wildman–Crippen MR) is 84.2 cm³/mol. The Bertz CT molecular complexity index is 695. The van der Waals surface area contributed by atoms with Gasteiger partial charge < -0.3 is 15.2 Å². The minimum Gasteiger partial charge on any atom is -0.472 e. The third kappa shape index (κ3) is 4.99. The van der Waals surface area contributed by atoms with Crippen LogP contribution in [0, 0.1) is 6.92 Å². The van der Waals surface area contributed by atoms with E-state index < -0.39 is 25.0 Å². The zero-order valence-electron chi connectivity index (χ0n) is 13.1. The fourth-order valence-corrected chi connectivity index (χ4v) is 2.12. The van der Waals surface area contributed by atoms with Gasteiger partial charge in [0.1, 0.15) is 5.69 Å². The normalized spacial score (nSPS) is 12.0. The number of halogens is 2. The maximum Gasteiger partial charge on any atom is 0.272 e. The Hall–Kier alpha value is -2.54. The number of rotatable bonds is 7. The number of alkyl halides is 2. The summed E-state index contributed by atoms with van der Waals surface area (Å²) < 4.78 is 29.0. The van der Waals surface area contributed by atoms with Crippen LogP contribution in [-0.2, 0) is 0 Å². The van der Waals surface area contributed by atoms with Crippen molar-refractivity contribution in [1.29, 1.82) is 0 Å². The SMILES string of the molecule is Cc1ccccc1C(O)CNC(=O)c1cccc(OCC(F)F)n1. The van der Waals surface area contributed by atoms with Crippen molar-refractivity contribution in [3.05, 3.63) is 59.3 Å². The van der Waals surface area contributed by atoms with Gasteiger partial charge >= 0.3 is 0 Å². The molecule has 1 amide bonds. The van der Waals surface area contributed by atoms with E-state index in [1.807, 2.05) is 19.1 Å². The topological polar surface area (TPSA) is 71.5 Å². The molecule has 1 atom stereocenters. The van der Waals surface area contributed by atoms with Gasteiger partial charge in [0.15, 0.2) is 6.61 Å². The third-order valence-electron chi connectivity index (χ3n) is 3.32. The van der Waals surface area contributed by atoms with Crippen LogP contribution in [0.4, 0.5) is 8.78 Å². The summed E-state index contributed by atoms with van der Waals surface area (Å²) >= 11 is 0. The van der Waals surface area contributed by atoms with Gasteiger partial charge in [-0.2, -0.15) is 0 Å². The van der Waals surface area contributed by atoms with E-state index in [1.54, 1.807) is 12.1 Å². The first-order valence-electron chi connectivity index (χ1n) is 7.37. The smallest absolute Gasteiger partial charge is 0.272 e. The highest BCUT2D eigenvalue weighted by molar-refractivity contribution is 5.92. The maximum atomic E-state index is 12.1. The summed E-state index contributed by atoms with van der Waals surface area (Å²) in [5.74, 6) is -0.576. The van der Waals surface area contributed by atoms with Crippen LogP contribution in [0.5, 0.6) is 5.88 Å². The molecule has 0 saturated carbocycles. The number of aromatic nitrogens is 1. The second-order valence-corrected chi connectivity index (χ2v) is 5.15. The van der Waals surface area contributed by atoms with Gasteiger partial charge in [-0.05, 0) is 24.1 Å². The highest BCUT2D eigenvalue weighted by atomic mass is 19.3. The highest BCUT2D eigenvalue weighted by Crippen LogP contribution is 2.16. The number of ether oxygens (including phenoxy) is 1. The molecule has 1 heterocycles. The Labute approximate surface area is 138 Å². The van der Waals surface area contributed by atoms with E-state index in [1.165, 1.54) is 18.2 Å². The van der Waals surface area contributed by atoms with Crippen LogP contribution < -0.4 is 10.1 Å². The molecule has 5 nitrogen and oxygen atoms in total. The number of carbonyl (C=O) groups excluding carboxylic acids is 1. The summed E-state index contributed by atoms with van der Waals surface area (Å²) in [6.45, 7) is 1.09. The molecule has 7 heteroatoms. The van der Waals surface area contributed by atoms with E-state index in [2.05, 4.69) is 10.3 Å². The van der Waals surface area contributed by atoms with Gasteiger partial charge in [0.25, 0.3) is 12.3 Å². The lowest BCUT2D eigenvalue weighted by atomic mass is 10.0. The third-order valence-corrected chi connectivity index (χ3v) is 3.32. The summed E-state index contributed by atoms with van der Waals surface area (Å²) in [5, 5.41) is 12.7. The summed E-state index contributed by atoms with van der Waals surface area (Å²) in [7, 11) is 0. The average Bonchev–Trinajstić information content (AvgIpc) is 2.58. The van der Waals surface area contributed by atoms with Crippen molar-refractivity contribution in [3.63, 3.8) is 0 Å². The molecule has 2 N–H and O–H groups in total. The molecule has 2 aromatic rings. The van der Waals surface area contributed by atoms with Gasteiger partial charge in [-0.1, -0.05) is 30.3 Å². The van der Waals surface area contributed by atoms with E-state index >= 15 is 0 Å². The van der Waals surface area contributed by atoms with Crippen molar-refractivity contribution < 1.29 is 23.4 Å². The second kappa shape index (κ2) is 8.35. The number of carbonyl (C=O) groups is 1. The molecule has 0 spiro atoms. The van der Waals surface area contributed by atoms with Crippen molar-refractivity contribution in [2.75, 3.05) is 13.2 Å². The van der Waals surface area contributed by atoms with Crippen LogP contribution in [0.3, 0.4) is 0 Å². The molecule has 0 fully saturated rings. The lowest BCUT2D eigenvalue weighted by Crippen LogP contribution is -2.29. The number of aryl methyl sites for hydroxylation is 1. The Balaban J connectivity index is 1.95. The lowest BCUT2D eigenvalue weighted by Gasteiger charge is -2.14. The molecular weight excluding hydrogens is 318 g/mol. The number of hydrogen-bond donors (Lipinski definition) is 2. The van der Waals surface area contributed by atoms with Crippen LogP contribution in [0.1, 0.15) is 27.7 Å². The zero-order valence-corrected chi connectivity index (χ0v) is 13.1. The van der Waals surface area contributed by atoms with E-state index in [9.17, 15) is 18.7 Å². The Morgan fingerprint density at radius 3 is 2.71 bits per heavy atom. The first-order valence-corrected chi connectivity index (χ1v) is 7.37. The number of aliphatic hydroxyl groups is 1. The Kier molecular flexibility index (Phi) is 6.20. The molecule has 0 bridgehead atoms. The molecular formula is C17H18F2N2O3. The molecule has 128 valence electrons. The molecule has 0 radical (unpaired) electrons. The number of benzene rings is 1. The average molecular weight is 336 g/mol. The molecule has 1 aromatic heterocycles. The van der Waals surface area contributed by atoms with E-state index in [4.69, 9.17) is 4.74 Å². The van der Waals surface area contributed by atoms with Crippen LogP contribution in [-0.4, -0.2) is 35.6 Å². The molecule has 0 saturated heterocycles. The molecule has 0 aliphatic carbocycles. The molecule has 24 heavy (non-hydrogen) atoms. The van der Waals surface area contributed by atoms with Crippen molar-refractivity contribution in [3.8, 4) is 5.88 Å². The minimum absolute atomic E-state index is 0.00743. The predicted octanol–water partition coefficient (Wildman–Crippen LogP) is 2.50. The maximum absolute atomic E-state index is 12.1. The van der Waals surface area contributed by atoms with Crippen molar-refractivity contribution in [2.45, 2.75) is 19.5 Å². The molecule has 1 unspecified atom stereocenters. The van der Waals surface area contributed by atoms with Gasteiger partial charge in [-0.25, -0.2) is 13.8 Å². The molecule has 0 aliphatic heterocycles. The van der Waals surface area contributed by atoms with Crippen LogP contribution >= 0.6 is 0 Å². The fourth-order valence-electron chi connectivity index (χ4n) is 2.12. The van der Waals surface area contributed by atoms with E-state index in [0.717, 1.165) is 11.1 Å². The Morgan fingerprint density at radius 1 is 1.25 bits per heavy atom. The summed E-state index contributed by atoms with van der Waals surface area (Å²) in [4.78, 5) is 15.9. The molecule has 1 aromatic carbocycles. The minimum atomic E-state index is -2.62. The fraction of sp³-hybridized carbons (Fsp3) is 0.294. The summed E-state index contributed by atoms with van der Waals surface area (Å²) in [5.41, 5.74) is 1.67. The van der Waals surface area contributed by atoms with Gasteiger partial charge in [0.05, 0.1) is 6.10 Å². The number of aliphatic hydroxyl groups excluding tert-OH is 1. The van der Waals surface area contributed by atoms with Crippen LogP contribution in [0.25, 0.3) is 0 Å². The van der Waals surface area contributed by atoms with E-state index in [-0.39, 0.29) is 18.1 Å². The summed E-state index contributed by atoms with van der Waals surface area (Å²) in [6.07, 6.45) is -3.47. The molecule has 2 rings (SSSR count). The number of pyridine rings is 1. The van der Waals surface area contributed by atoms with Crippen LogP contribution in [0.15, 0.2) is 42.5 Å². The first-order chi connectivity index (χ1) is 11.5. The van der Waals surface area contributed by atoms with Gasteiger partial charge in [-0.3, -0.25) is 4.79 Å². The second-order valence-electron chi connectivity index (χ2n) is 5.15. The van der Waals surface area contributed by atoms with Gasteiger partial charge in [0, 0.05) is 12.6 Å². The first kappa shape index (κ1) is 17.8. The quantitative estimate of drug-likeness (QED) is 0.815. The van der Waals surface area contributed by atoms with Crippen molar-refractivity contribution in [2.24, 2.45) is 0 Å². The summed E-state index contributed by atoms with van der Waals surface area (Å²) in [6, 6.07) is 11.6. The van der Waals surface area contributed by atoms with Crippen LogP contribution in [0.2, 0.25) is 0 Å². The molecule has 0 aliphatic rings. The van der Waals surface area contributed by atoms with Gasteiger partial charge in [0.2, 0.25) is 5.88 Å². The van der Waals surface area contributed by atoms with Crippen molar-refractivity contribution in [1.82, 2.24) is 10.3 Å². The Morgan fingerprint density at radius 2 is 2.00 bits per heavy atom. The number of amides is 1. The lowest BCUT2D eigenvalue weighted by molar-refractivity contribution is 0.0791. The standard InChI is InChI=1S/C17H18F2N2O3/c1-11-5-2-3-6-12(11)14(22)9-20-17(23)13-7-4-8-16(21-13)24-10-15(18)19/h2-8,14-15,22H,9-10H2,1H3,(H,20,23). The monoisotopic (exact) mass is 336 g/mol. The highest BCUT2D eigenvalue weighted by Gasteiger charge is 2.14. The number of hydrogen-bond acceptors (Lipinski definition) is 4. The van der Waals surface area contributed by atoms with Crippen molar-refractivity contribution >= 4 is 5.91 Å².